The average molecular weight is 292 g/mol. The van der Waals surface area contributed by atoms with Crippen molar-refractivity contribution in [2.75, 3.05) is 5.32 Å². The Hall–Kier alpha value is -1.91. The van der Waals surface area contributed by atoms with Gasteiger partial charge in [-0.1, -0.05) is 20.8 Å². The summed E-state index contributed by atoms with van der Waals surface area (Å²) in [6.07, 6.45) is 0.897. The number of carboxylic acid groups (broad SMARTS) is 1. The summed E-state index contributed by atoms with van der Waals surface area (Å²) < 4.78 is 12.9. The predicted molar refractivity (Wildman–Crippen MR) is 74.6 cm³/mol. The van der Waals surface area contributed by atoms with Gasteiger partial charge in [0, 0.05) is 23.0 Å². The molecule has 1 aromatic rings. The van der Waals surface area contributed by atoms with E-state index in [1.165, 1.54) is 24.3 Å². The van der Waals surface area contributed by atoms with Gasteiger partial charge in [0.2, 0.25) is 5.91 Å². The van der Waals surface area contributed by atoms with Crippen molar-refractivity contribution >= 4 is 17.6 Å². The summed E-state index contributed by atoms with van der Waals surface area (Å²) in [7, 11) is 0. The van der Waals surface area contributed by atoms with Gasteiger partial charge in [-0.25, -0.2) is 4.39 Å². The zero-order chi connectivity index (χ0) is 15.8. The second-order valence-corrected chi connectivity index (χ2v) is 6.43. The van der Waals surface area contributed by atoms with Crippen LogP contribution in [-0.4, -0.2) is 11.9 Å². The first-order valence-electron chi connectivity index (χ1n) is 6.96. The van der Waals surface area contributed by atoms with Crippen LogP contribution in [0.2, 0.25) is 0 Å². The van der Waals surface area contributed by atoms with E-state index < -0.39 is 22.7 Å². The second-order valence-electron chi connectivity index (χ2n) is 6.43. The van der Waals surface area contributed by atoms with Gasteiger partial charge in [-0.15, -0.1) is 0 Å². The molecule has 0 aliphatic heterocycles. The zero-order valence-electron chi connectivity index (χ0n) is 12.4. The highest BCUT2D eigenvalue weighted by molar-refractivity contribution is 5.94. The van der Waals surface area contributed by atoms with E-state index in [0.29, 0.717) is 18.5 Å². The molecule has 2 rings (SSSR count). The van der Waals surface area contributed by atoms with Crippen LogP contribution in [0, 0.1) is 22.6 Å². The van der Waals surface area contributed by atoms with Gasteiger partial charge in [0.05, 0.1) is 0 Å². The summed E-state index contributed by atoms with van der Waals surface area (Å²) in [5.41, 5.74) is -1.24. The Morgan fingerprint density at radius 2 is 1.81 bits per heavy atom. The van der Waals surface area contributed by atoms with E-state index >= 15 is 0 Å². The maximum atomic E-state index is 12.9. The largest absolute Gasteiger partial charge is 0.550 e. The molecule has 0 radical (unpaired) electrons. The van der Waals surface area contributed by atoms with Gasteiger partial charge in [-0.3, -0.25) is 4.79 Å². The summed E-state index contributed by atoms with van der Waals surface area (Å²) in [6, 6.07) is 5.49. The number of aliphatic carboxylic acids is 1. The molecule has 1 amide bonds. The summed E-state index contributed by atoms with van der Waals surface area (Å²) in [5.74, 6) is -2.16. The summed E-state index contributed by atoms with van der Waals surface area (Å²) in [6.45, 7) is 5.20. The molecule has 21 heavy (non-hydrogen) atoms. The molecule has 114 valence electrons. The lowest BCUT2D eigenvalue weighted by atomic mass is 9.65. The minimum absolute atomic E-state index is 0.239. The van der Waals surface area contributed by atoms with E-state index in [1.54, 1.807) is 20.8 Å². The number of hydrogen-bond donors (Lipinski definition) is 1. The topological polar surface area (TPSA) is 69.2 Å². The monoisotopic (exact) mass is 292 g/mol. The van der Waals surface area contributed by atoms with Gasteiger partial charge < -0.3 is 15.2 Å². The predicted octanol–water partition coefficient (Wildman–Crippen LogP) is 1.96. The molecule has 4 nitrogen and oxygen atoms in total. The Morgan fingerprint density at radius 3 is 2.29 bits per heavy atom. The zero-order valence-corrected chi connectivity index (χ0v) is 12.4. The number of amides is 1. The Kier molecular flexibility index (Phi) is 3.78. The number of hydrogen-bond acceptors (Lipinski definition) is 3. The third kappa shape index (κ3) is 2.52. The maximum absolute atomic E-state index is 12.9. The molecule has 0 saturated heterocycles. The highest BCUT2D eigenvalue weighted by atomic mass is 19.1. The van der Waals surface area contributed by atoms with E-state index in [4.69, 9.17) is 0 Å². The second kappa shape index (κ2) is 5.13. The van der Waals surface area contributed by atoms with Crippen LogP contribution in [0.15, 0.2) is 24.3 Å². The molecular formula is C16H19FNO3-. The van der Waals surface area contributed by atoms with Gasteiger partial charge in [0.15, 0.2) is 0 Å². The molecule has 1 aliphatic rings. The lowest BCUT2D eigenvalue weighted by Crippen LogP contribution is -2.49. The highest BCUT2D eigenvalue weighted by Crippen LogP contribution is 2.55. The molecular weight excluding hydrogens is 273 g/mol. The molecule has 1 fully saturated rings. The fourth-order valence-corrected chi connectivity index (χ4v) is 3.09. The van der Waals surface area contributed by atoms with Crippen LogP contribution < -0.4 is 10.4 Å². The van der Waals surface area contributed by atoms with Crippen molar-refractivity contribution in [2.24, 2.45) is 16.7 Å². The number of rotatable bonds is 3. The third-order valence-electron chi connectivity index (χ3n) is 5.11. The lowest BCUT2D eigenvalue weighted by molar-refractivity contribution is -0.323. The molecule has 5 heteroatoms. The average Bonchev–Trinajstić information content (AvgIpc) is 2.64. The van der Waals surface area contributed by atoms with Crippen molar-refractivity contribution in [3.63, 3.8) is 0 Å². The number of benzene rings is 1. The Labute approximate surface area is 123 Å². The van der Waals surface area contributed by atoms with E-state index in [1.807, 2.05) is 0 Å². The molecule has 1 saturated carbocycles. The number of anilines is 1. The molecule has 0 bridgehead atoms. The Balaban J connectivity index is 2.17. The molecule has 0 aromatic heterocycles. The third-order valence-corrected chi connectivity index (χ3v) is 5.11. The number of halogens is 1. The van der Waals surface area contributed by atoms with Gasteiger partial charge in [0.25, 0.3) is 0 Å². The first kappa shape index (κ1) is 15.5. The summed E-state index contributed by atoms with van der Waals surface area (Å²) >= 11 is 0. The number of carbonyl (C=O) groups excluding carboxylic acids is 2. The van der Waals surface area contributed by atoms with Gasteiger partial charge in [-0.2, -0.15) is 0 Å². The minimum atomic E-state index is -1.12. The Morgan fingerprint density at radius 1 is 1.24 bits per heavy atom. The fraction of sp³-hybridized carbons (Fsp3) is 0.500. The molecule has 0 unspecified atom stereocenters. The first-order chi connectivity index (χ1) is 9.68. The van der Waals surface area contributed by atoms with Crippen LogP contribution in [0.4, 0.5) is 10.1 Å². The van der Waals surface area contributed by atoms with Crippen molar-refractivity contribution in [1.82, 2.24) is 0 Å². The fourth-order valence-electron chi connectivity index (χ4n) is 3.09. The first-order valence-corrected chi connectivity index (χ1v) is 6.96. The van der Waals surface area contributed by atoms with E-state index in [-0.39, 0.29) is 11.7 Å². The van der Waals surface area contributed by atoms with Crippen LogP contribution in [0.3, 0.4) is 0 Å². The standard InChI is InChI=1S/C16H20FNO3/c1-15(2)12(8-9-16(15,3)14(20)21)13(19)18-11-6-4-10(17)5-7-11/h4-7,12H,8-9H2,1-3H3,(H,18,19)(H,20,21)/p-1/t12-,16+/m1/s1. The lowest BCUT2D eigenvalue weighted by Gasteiger charge is -2.41. The van der Waals surface area contributed by atoms with Crippen molar-refractivity contribution in [3.05, 3.63) is 30.1 Å². The van der Waals surface area contributed by atoms with Crippen LogP contribution >= 0.6 is 0 Å². The van der Waals surface area contributed by atoms with Crippen LogP contribution in [0.1, 0.15) is 33.6 Å². The maximum Gasteiger partial charge on any atom is 0.228 e. The smallest absolute Gasteiger partial charge is 0.228 e. The number of carboxylic acids is 1. The molecule has 0 spiro atoms. The van der Waals surface area contributed by atoms with Gasteiger partial charge >= 0.3 is 0 Å². The quantitative estimate of drug-likeness (QED) is 0.926. The van der Waals surface area contributed by atoms with Crippen molar-refractivity contribution < 1.29 is 19.1 Å². The normalized spacial score (nSPS) is 27.3. The number of carbonyl (C=O) groups is 2. The molecule has 1 aromatic carbocycles. The molecule has 1 N–H and O–H groups in total. The van der Waals surface area contributed by atoms with Crippen LogP contribution in [-0.2, 0) is 9.59 Å². The van der Waals surface area contributed by atoms with E-state index in [2.05, 4.69) is 5.32 Å². The van der Waals surface area contributed by atoms with Crippen LogP contribution in [0.5, 0.6) is 0 Å². The van der Waals surface area contributed by atoms with Crippen molar-refractivity contribution in [2.45, 2.75) is 33.6 Å². The SMILES string of the molecule is CC1(C)[C@@H](C(=O)Nc2ccc(F)cc2)CC[C@@]1(C)C(=O)[O-]. The van der Waals surface area contributed by atoms with Gasteiger partial charge in [-0.05, 0) is 42.5 Å². The molecule has 2 atom stereocenters. The highest BCUT2D eigenvalue weighted by Gasteiger charge is 2.54. The Bertz CT molecular complexity index is 567. The van der Waals surface area contributed by atoms with E-state index in [0.717, 1.165) is 0 Å². The van der Waals surface area contributed by atoms with Gasteiger partial charge in [0.1, 0.15) is 5.82 Å². The number of nitrogens with one attached hydrogen (secondary N) is 1. The van der Waals surface area contributed by atoms with Crippen molar-refractivity contribution in [3.8, 4) is 0 Å². The van der Waals surface area contributed by atoms with Crippen LogP contribution in [0.25, 0.3) is 0 Å². The summed E-state index contributed by atoms with van der Waals surface area (Å²) in [5, 5.41) is 14.1. The minimum Gasteiger partial charge on any atom is -0.550 e. The van der Waals surface area contributed by atoms with E-state index in [9.17, 15) is 19.1 Å². The van der Waals surface area contributed by atoms with Crippen molar-refractivity contribution in [1.29, 1.82) is 0 Å². The summed E-state index contributed by atoms with van der Waals surface area (Å²) in [4.78, 5) is 23.8. The molecule has 1 aliphatic carbocycles. The molecule has 0 heterocycles.